The van der Waals surface area contributed by atoms with Gasteiger partial charge in [0.2, 0.25) is 5.91 Å². The molecule has 0 aromatic heterocycles. The van der Waals surface area contributed by atoms with Crippen molar-refractivity contribution in [3.63, 3.8) is 0 Å². The minimum absolute atomic E-state index is 0.188. The highest BCUT2D eigenvalue weighted by Crippen LogP contribution is 2.23. The van der Waals surface area contributed by atoms with Gasteiger partial charge in [0.05, 0.1) is 6.61 Å². The Hall–Kier alpha value is -1.56. The Bertz CT molecular complexity index is 463. The lowest BCUT2D eigenvalue weighted by Crippen LogP contribution is -2.11. The van der Waals surface area contributed by atoms with Crippen molar-refractivity contribution in [3.05, 3.63) is 28.2 Å². The number of nitrogens with two attached hydrogens (primary N) is 1. The maximum atomic E-state index is 11.1. The van der Waals surface area contributed by atoms with Crippen molar-refractivity contribution in [1.29, 1.82) is 0 Å². The first-order chi connectivity index (χ1) is 9.04. The predicted octanol–water partition coefficient (Wildman–Crippen LogP) is 2.30. The van der Waals surface area contributed by atoms with Crippen molar-refractivity contribution in [2.75, 3.05) is 18.5 Å². The number of carbonyl (C=O) groups is 2. The molecule has 0 aliphatic heterocycles. The van der Waals surface area contributed by atoms with Crippen LogP contribution in [0.4, 0.5) is 5.69 Å². The molecule has 0 aliphatic carbocycles. The summed E-state index contributed by atoms with van der Waals surface area (Å²) >= 11 is 3.36. The number of amides is 1. The largest absolute Gasteiger partial charge is 0.466 e. The van der Waals surface area contributed by atoms with E-state index in [-0.39, 0.29) is 5.97 Å². The van der Waals surface area contributed by atoms with E-state index < -0.39 is 5.91 Å². The van der Waals surface area contributed by atoms with E-state index in [1.807, 2.05) is 0 Å². The normalized spacial score (nSPS) is 10.0. The molecular weight excluding hydrogens is 312 g/mol. The Kier molecular flexibility index (Phi) is 6.35. The average molecular weight is 329 g/mol. The first-order valence-electron chi connectivity index (χ1n) is 6.03. The quantitative estimate of drug-likeness (QED) is 0.594. The number of hydrogen-bond acceptors (Lipinski definition) is 4. The maximum absolute atomic E-state index is 11.1. The van der Waals surface area contributed by atoms with Gasteiger partial charge in [-0.05, 0) is 47.5 Å². The summed E-state index contributed by atoms with van der Waals surface area (Å²) in [6.07, 6.45) is 1.07. The summed E-state index contributed by atoms with van der Waals surface area (Å²) in [7, 11) is 0. The van der Waals surface area contributed by atoms with Crippen molar-refractivity contribution in [1.82, 2.24) is 0 Å². The Balaban J connectivity index is 2.41. The summed E-state index contributed by atoms with van der Waals surface area (Å²) in [5.41, 5.74) is 6.49. The molecule has 0 unspecified atom stereocenters. The zero-order chi connectivity index (χ0) is 14.3. The molecule has 0 bridgehead atoms. The number of halogens is 1. The number of ether oxygens (including phenoxy) is 1. The predicted molar refractivity (Wildman–Crippen MR) is 77.0 cm³/mol. The van der Waals surface area contributed by atoms with E-state index in [9.17, 15) is 9.59 Å². The highest BCUT2D eigenvalue weighted by molar-refractivity contribution is 9.10. The molecule has 1 rings (SSSR count). The zero-order valence-electron chi connectivity index (χ0n) is 10.7. The lowest BCUT2D eigenvalue weighted by molar-refractivity contribution is -0.143. The third-order valence-corrected chi connectivity index (χ3v) is 3.09. The van der Waals surface area contributed by atoms with Crippen LogP contribution in [0.1, 0.15) is 30.1 Å². The second kappa shape index (κ2) is 7.78. The van der Waals surface area contributed by atoms with Gasteiger partial charge in [0.25, 0.3) is 0 Å². The summed E-state index contributed by atoms with van der Waals surface area (Å²) in [6, 6.07) is 5.09. The van der Waals surface area contributed by atoms with E-state index in [2.05, 4.69) is 21.2 Å². The molecule has 6 heteroatoms. The SMILES string of the molecule is CCOC(=O)CCCNc1ccc(C(N)=O)cc1Br. The summed E-state index contributed by atoms with van der Waals surface area (Å²) in [5, 5.41) is 3.17. The van der Waals surface area contributed by atoms with Crippen LogP contribution in [0.15, 0.2) is 22.7 Å². The molecule has 0 fully saturated rings. The molecule has 3 N–H and O–H groups in total. The van der Waals surface area contributed by atoms with E-state index in [4.69, 9.17) is 10.5 Å². The number of nitrogens with one attached hydrogen (secondary N) is 1. The summed E-state index contributed by atoms with van der Waals surface area (Å²) in [4.78, 5) is 22.1. The van der Waals surface area contributed by atoms with Crippen molar-refractivity contribution in [2.24, 2.45) is 5.73 Å². The Morgan fingerprint density at radius 2 is 2.16 bits per heavy atom. The molecule has 0 aliphatic rings. The number of carbonyl (C=O) groups excluding carboxylic acids is 2. The standard InChI is InChI=1S/C13H17BrN2O3/c1-2-19-12(17)4-3-7-16-11-6-5-9(13(15)18)8-10(11)14/h5-6,8,16H,2-4,7H2,1H3,(H2,15,18). The molecule has 5 nitrogen and oxygen atoms in total. The van der Waals surface area contributed by atoms with Gasteiger partial charge in [-0.3, -0.25) is 9.59 Å². The number of primary amides is 1. The number of benzene rings is 1. The molecule has 0 radical (unpaired) electrons. The minimum Gasteiger partial charge on any atom is -0.466 e. The van der Waals surface area contributed by atoms with E-state index in [0.717, 1.165) is 10.2 Å². The third-order valence-electron chi connectivity index (χ3n) is 2.43. The van der Waals surface area contributed by atoms with Gasteiger partial charge in [-0.2, -0.15) is 0 Å². The number of hydrogen-bond donors (Lipinski definition) is 2. The van der Waals surface area contributed by atoms with Gasteiger partial charge in [-0.25, -0.2) is 0 Å². The molecule has 1 amide bonds. The smallest absolute Gasteiger partial charge is 0.305 e. The van der Waals surface area contributed by atoms with Crippen LogP contribution in [0.2, 0.25) is 0 Å². The average Bonchev–Trinajstić information content (AvgIpc) is 2.36. The highest BCUT2D eigenvalue weighted by Gasteiger charge is 2.05. The lowest BCUT2D eigenvalue weighted by Gasteiger charge is -2.09. The van der Waals surface area contributed by atoms with Gasteiger partial charge in [0.15, 0.2) is 0 Å². The Morgan fingerprint density at radius 1 is 1.42 bits per heavy atom. The fourth-order valence-corrected chi connectivity index (χ4v) is 2.02. The van der Waals surface area contributed by atoms with Gasteiger partial charge in [0.1, 0.15) is 0 Å². The fourth-order valence-electron chi connectivity index (χ4n) is 1.50. The molecule has 104 valence electrons. The molecule has 1 aromatic rings. The van der Waals surface area contributed by atoms with Crippen LogP contribution in [0.25, 0.3) is 0 Å². The van der Waals surface area contributed by atoms with E-state index in [0.29, 0.717) is 31.6 Å². The van der Waals surface area contributed by atoms with Crippen LogP contribution in [0.5, 0.6) is 0 Å². The van der Waals surface area contributed by atoms with E-state index >= 15 is 0 Å². The van der Waals surface area contributed by atoms with E-state index in [1.54, 1.807) is 25.1 Å². The van der Waals surface area contributed by atoms with Crippen LogP contribution in [-0.4, -0.2) is 25.0 Å². The summed E-state index contributed by atoms with van der Waals surface area (Å²) < 4.78 is 5.60. The number of rotatable bonds is 7. The molecule has 0 atom stereocenters. The number of anilines is 1. The van der Waals surface area contributed by atoms with Gasteiger partial charge in [-0.15, -0.1) is 0 Å². The van der Waals surface area contributed by atoms with Gasteiger partial charge >= 0.3 is 5.97 Å². The zero-order valence-corrected chi connectivity index (χ0v) is 12.3. The van der Waals surface area contributed by atoms with Crippen LogP contribution in [-0.2, 0) is 9.53 Å². The summed E-state index contributed by atoms with van der Waals surface area (Å²) in [5.74, 6) is -0.651. The fraction of sp³-hybridized carbons (Fsp3) is 0.385. The molecule has 19 heavy (non-hydrogen) atoms. The summed E-state index contributed by atoms with van der Waals surface area (Å²) in [6.45, 7) is 2.84. The molecule has 0 heterocycles. The Morgan fingerprint density at radius 3 is 2.74 bits per heavy atom. The van der Waals surface area contributed by atoms with Crippen LogP contribution in [0.3, 0.4) is 0 Å². The highest BCUT2D eigenvalue weighted by atomic mass is 79.9. The van der Waals surface area contributed by atoms with Crippen LogP contribution < -0.4 is 11.1 Å². The van der Waals surface area contributed by atoms with Gasteiger partial charge in [0, 0.05) is 28.7 Å². The molecule has 1 aromatic carbocycles. The van der Waals surface area contributed by atoms with Crippen molar-refractivity contribution >= 4 is 33.5 Å². The lowest BCUT2D eigenvalue weighted by atomic mass is 10.2. The second-order valence-corrected chi connectivity index (χ2v) is 4.75. The number of esters is 1. The van der Waals surface area contributed by atoms with Crippen LogP contribution in [0, 0.1) is 0 Å². The van der Waals surface area contributed by atoms with Crippen molar-refractivity contribution in [3.8, 4) is 0 Å². The first-order valence-corrected chi connectivity index (χ1v) is 6.82. The minimum atomic E-state index is -0.463. The van der Waals surface area contributed by atoms with Crippen molar-refractivity contribution in [2.45, 2.75) is 19.8 Å². The van der Waals surface area contributed by atoms with Gasteiger partial charge < -0.3 is 15.8 Å². The molecule has 0 saturated heterocycles. The first kappa shape index (κ1) is 15.5. The van der Waals surface area contributed by atoms with E-state index in [1.165, 1.54) is 0 Å². The van der Waals surface area contributed by atoms with Gasteiger partial charge in [-0.1, -0.05) is 0 Å². The molecule has 0 saturated carbocycles. The molecule has 0 spiro atoms. The maximum Gasteiger partial charge on any atom is 0.305 e. The second-order valence-electron chi connectivity index (χ2n) is 3.89. The van der Waals surface area contributed by atoms with Crippen molar-refractivity contribution < 1.29 is 14.3 Å². The third kappa shape index (κ3) is 5.30. The Labute approximate surface area is 120 Å². The van der Waals surface area contributed by atoms with Crippen LogP contribution >= 0.6 is 15.9 Å². The monoisotopic (exact) mass is 328 g/mol. The topological polar surface area (TPSA) is 81.4 Å². The molecular formula is C13H17BrN2O3.